The number of nitrogen functional groups attached to an aromatic ring is 1. The number of ether oxygens (including phenoxy) is 1. The van der Waals surface area contributed by atoms with Crippen molar-refractivity contribution in [3.05, 3.63) is 24.3 Å². The highest BCUT2D eigenvalue weighted by Crippen LogP contribution is 2.13. The Balaban J connectivity index is 2.41. The molecule has 0 aromatic heterocycles. The molecule has 0 saturated heterocycles. The standard InChI is InChI=1S/C15H26N2O2/c1-3-14(4-2)17(9-11-18)10-12-19-15-7-5-13(16)6-8-15/h5-8,14,18H,3-4,9-12,16H2,1-2H3. The lowest BCUT2D eigenvalue weighted by Gasteiger charge is -2.29. The molecule has 0 unspecified atom stereocenters. The molecule has 0 aliphatic carbocycles. The summed E-state index contributed by atoms with van der Waals surface area (Å²) < 4.78 is 5.70. The molecule has 0 heterocycles. The van der Waals surface area contributed by atoms with Crippen LogP contribution in [0.5, 0.6) is 5.75 Å². The molecule has 0 aliphatic rings. The van der Waals surface area contributed by atoms with E-state index < -0.39 is 0 Å². The molecule has 1 aromatic rings. The quantitative estimate of drug-likeness (QED) is 0.672. The summed E-state index contributed by atoms with van der Waals surface area (Å²) in [6, 6.07) is 7.94. The number of anilines is 1. The highest BCUT2D eigenvalue weighted by atomic mass is 16.5. The molecule has 4 nitrogen and oxygen atoms in total. The average Bonchev–Trinajstić information content (AvgIpc) is 2.42. The summed E-state index contributed by atoms with van der Waals surface area (Å²) in [6.07, 6.45) is 2.19. The van der Waals surface area contributed by atoms with E-state index in [9.17, 15) is 0 Å². The van der Waals surface area contributed by atoms with Crippen LogP contribution in [0.4, 0.5) is 5.69 Å². The summed E-state index contributed by atoms with van der Waals surface area (Å²) in [7, 11) is 0. The fourth-order valence-electron chi connectivity index (χ4n) is 2.26. The Morgan fingerprint density at radius 1 is 1.16 bits per heavy atom. The normalized spacial score (nSPS) is 11.2. The van der Waals surface area contributed by atoms with Crippen molar-refractivity contribution >= 4 is 5.69 Å². The first-order valence-electron chi connectivity index (χ1n) is 7.04. The summed E-state index contributed by atoms with van der Waals surface area (Å²) in [5.41, 5.74) is 6.37. The van der Waals surface area contributed by atoms with Crippen LogP contribution >= 0.6 is 0 Å². The molecule has 0 aliphatic heterocycles. The van der Waals surface area contributed by atoms with Crippen molar-refractivity contribution in [3.63, 3.8) is 0 Å². The Hall–Kier alpha value is -1.26. The van der Waals surface area contributed by atoms with E-state index in [0.717, 1.165) is 30.8 Å². The van der Waals surface area contributed by atoms with Crippen molar-refractivity contribution in [1.29, 1.82) is 0 Å². The molecule has 0 bridgehead atoms. The Bertz CT molecular complexity index is 337. The van der Waals surface area contributed by atoms with E-state index in [0.29, 0.717) is 19.2 Å². The molecular formula is C15H26N2O2. The van der Waals surface area contributed by atoms with E-state index in [1.54, 1.807) is 0 Å². The highest BCUT2D eigenvalue weighted by molar-refractivity contribution is 5.41. The zero-order chi connectivity index (χ0) is 14.1. The average molecular weight is 266 g/mol. The maximum absolute atomic E-state index is 9.13. The fourth-order valence-corrected chi connectivity index (χ4v) is 2.26. The van der Waals surface area contributed by atoms with Gasteiger partial charge in [-0.2, -0.15) is 0 Å². The summed E-state index contributed by atoms with van der Waals surface area (Å²) >= 11 is 0. The monoisotopic (exact) mass is 266 g/mol. The third-order valence-electron chi connectivity index (χ3n) is 3.37. The first-order valence-corrected chi connectivity index (χ1v) is 7.04. The van der Waals surface area contributed by atoms with Gasteiger partial charge in [0.05, 0.1) is 6.61 Å². The topological polar surface area (TPSA) is 58.7 Å². The van der Waals surface area contributed by atoms with Gasteiger partial charge in [0.15, 0.2) is 0 Å². The Kier molecular flexibility index (Phi) is 7.30. The van der Waals surface area contributed by atoms with Gasteiger partial charge in [-0.15, -0.1) is 0 Å². The second kappa shape index (κ2) is 8.77. The molecule has 0 atom stereocenters. The van der Waals surface area contributed by atoms with E-state index in [-0.39, 0.29) is 6.61 Å². The molecule has 1 aromatic carbocycles. The zero-order valence-corrected chi connectivity index (χ0v) is 12.0. The minimum atomic E-state index is 0.193. The van der Waals surface area contributed by atoms with E-state index in [2.05, 4.69) is 18.7 Å². The number of rotatable bonds is 9. The van der Waals surface area contributed by atoms with Gasteiger partial charge in [0.1, 0.15) is 12.4 Å². The summed E-state index contributed by atoms with van der Waals surface area (Å²) in [5.74, 6) is 0.836. The minimum absolute atomic E-state index is 0.193. The summed E-state index contributed by atoms with van der Waals surface area (Å²) in [5, 5.41) is 9.13. The van der Waals surface area contributed by atoms with Gasteiger partial charge in [-0.05, 0) is 37.1 Å². The predicted octanol–water partition coefficient (Wildman–Crippen LogP) is 2.13. The second-order valence-corrected chi connectivity index (χ2v) is 4.65. The van der Waals surface area contributed by atoms with Crippen LogP contribution in [-0.4, -0.2) is 42.4 Å². The molecule has 1 rings (SSSR count). The van der Waals surface area contributed by atoms with Crippen molar-refractivity contribution in [2.75, 3.05) is 32.0 Å². The van der Waals surface area contributed by atoms with Gasteiger partial charge in [0.25, 0.3) is 0 Å². The number of nitrogens with zero attached hydrogens (tertiary/aromatic N) is 1. The Morgan fingerprint density at radius 2 is 1.79 bits per heavy atom. The van der Waals surface area contributed by atoms with Crippen LogP contribution in [0.1, 0.15) is 26.7 Å². The number of hydrogen-bond donors (Lipinski definition) is 2. The van der Waals surface area contributed by atoms with E-state index in [1.165, 1.54) is 0 Å². The maximum atomic E-state index is 9.13. The third-order valence-corrected chi connectivity index (χ3v) is 3.37. The maximum Gasteiger partial charge on any atom is 0.119 e. The molecule has 108 valence electrons. The van der Waals surface area contributed by atoms with Crippen molar-refractivity contribution in [3.8, 4) is 5.75 Å². The zero-order valence-electron chi connectivity index (χ0n) is 12.0. The molecule has 0 amide bonds. The summed E-state index contributed by atoms with van der Waals surface area (Å²) in [6.45, 7) is 6.71. The molecule has 0 radical (unpaired) electrons. The lowest BCUT2D eigenvalue weighted by Crippen LogP contribution is -2.39. The van der Waals surface area contributed by atoms with Gasteiger partial charge < -0.3 is 15.6 Å². The lowest BCUT2D eigenvalue weighted by molar-refractivity contribution is 0.122. The van der Waals surface area contributed by atoms with Crippen LogP contribution in [-0.2, 0) is 0 Å². The highest BCUT2D eigenvalue weighted by Gasteiger charge is 2.14. The van der Waals surface area contributed by atoms with Gasteiger partial charge in [-0.25, -0.2) is 0 Å². The minimum Gasteiger partial charge on any atom is -0.492 e. The number of aliphatic hydroxyl groups is 1. The number of hydrogen-bond acceptors (Lipinski definition) is 4. The van der Waals surface area contributed by atoms with Crippen LogP contribution < -0.4 is 10.5 Å². The van der Waals surface area contributed by atoms with Gasteiger partial charge in [-0.1, -0.05) is 13.8 Å². The first-order chi connectivity index (χ1) is 9.21. The molecular weight excluding hydrogens is 240 g/mol. The van der Waals surface area contributed by atoms with Gasteiger partial charge >= 0.3 is 0 Å². The second-order valence-electron chi connectivity index (χ2n) is 4.65. The van der Waals surface area contributed by atoms with Crippen LogP contribution in [0.25, 0.3) is 0 Å². The number of nitrogens with two attached hydrogens (primary N) is 1. The van der Waals surface area contributed by atoms with Crippen molar-refractivity contribution < 1.29 is 9.84 Å². The largest absolute Gasteiger partial charge is 0.492 e. The Morgan fingerprint density at radius 3 is 2.32 bits per heavy atom. The SMILES string of the molecule is CCC(CC)N(CCO)CCOc1ccc(N)cc1. The van der Waals surface area contributed by atoms with Gasteiger partial charge in [-0.3, -0.25) is 4.90 Å². The van der Waals surface area contributed by atoms with Gasteiger partial charge in [0.2, 0.25) is 0 Å². The molecule has 19 heavy (non-hydrogen) atoms. The van der Waals surface area contributed by atoms with E-state index in [1.807, 2.05) is 24.3 Å². The molecule has 0 spiro atoms. The van der Waals surface area contributed by atoms with E-state index >= 15 is 0 Å². The number of aliphatic hydroxyl groups excluding tert-OH is 1. The molecule has 3 N–H and O–H groups in total. The van der Waals surface area contributed by atoms with Crippen molar-refractivity contribution in [2.24, 2.45) is 0 Å². The summed E-state index contributed by atoms with van der Waals surface area (Å²) in [4.78, 5) is 2.29. The van der Waals surface area contributed by atoms with Crippen LogP contribution in [0.15, 0.2) is 24.3 Å². The van der Waals surface area contributed by atoms with Crippen molar-refractivity contribution in [2.45, 2.75) is 32.7 Å². The third kappa shape index (κ3) is 5.49. The molecule has 4 heteroatoms. The predicted molar refractivity (Wildman–Crippen MR) is 79.4 cm³/mol. The van der Waals surface area contributed by atoms with Crippen molar-refractivity contribution in [1.82, 2.24) is 4.90 Å². The first kappa shape index (κ1) is 15.8. The van der Waals surface area contributed by atoms with Crippen LogP contribution in [0.3, 0.4) is 0 Å². The smallest absolute Gasteiger partial charge is 0.119 e. The fraction of sp³-hybridized carbons (Fsp3) is 0.600. The molecule has 0 fully saturated rings. The molecule has 0 saturated carbocycles. The van der Waals surface area contributed by atoms with E-state index in [4.69, 9.17) is 15.6 Å². The lowest BCUT2D eigenvalue weighted by atomic mass is 10.1. The van der Waals surface area contributed by atoms with Gasteiger partial charge in [0, 0.05) is 24.8 Å². The van der Waals surface area contributed by atoms with Crippen LogP contribution in [0, 0.1) is 0 Å². The number of benzene rings is 1. The van der Waals surface area contributed by atoms with Crippen LogP contribution in [0.2, 0.25) is 0 Å². The Labute approximate surface area is 116 Å².